The number of carbonyl (C=O) groups excluding carboxylic acids is 2. The van der Waals surface area contributed by atoms with Crippen molar-refractivity contribution in [3.8, 4) is 11.3 Å². The first-order chi connectivity index (χ1) is 13.0. The van der Waals surface area contributed by atoms with Gasteiger partial charge in [0.05, 0.1) is 11.3 Å². The zero-order valence-electron chi connectivity index (χ0n) is 15.1. The van der Waals surface area contributed by atoms with Crippen LogP contribution < -0.4 is 10.2 Å². The maximum absolute atomic E-state index is 13.3. The molecule has 1 aromatic heterocycles. The predicted octanol–water partition coefficient (Wildman–Crippen LogP) is 4.03. The molecule has 0 bridgehead atoms. The van der Waals surface area contributed by atoms with Gasteiger partial charge in [-0.15, -0.1) is 0 Å². The number of halogens is 1. The first-order valence-corrected chi connectivity index (χ1v) is 8.85. The standard InChI is InChI=1S/C21H19FN2O3/c1-12-10-15-17(11-16(12)24-9-3-4-18(24)25)27-20(19(15)21(26)23-2)13-5-7-14(22)8-6-13/h5-8,10-11H,3-4,9H2,1-2H3,(H,23,26). The Bertz CT molecular complexity index is 1050. The number of benzene rings is 2. The molecule has 0 aliphatic carbocycles. The summed E-state index contributed by atoms with van der Waals surface area (Å²) in [4.78, 5) is 26.4. The van der Waals surface area contributed by atoms with Crippen LogP contribution >= 0.6 is 0 Å². The maximum atomic E-state index is 13.3. The van der Waals surface area contributed by atoms with Gasteiger partial charge in [-0.2, -0.15) is 0 Å². The van der Waals surface area contributed by atoms with E-state index in [-0.39, 0.29) is 17.6 Å². The Morgan fingerprint density at radius 3 is 2.59 bits per heavy atom. The molecular weight excluding hydrogens is 347 g/mol. The molecule has 6 heteroatoms. The van der Waals surface area contributed by atoms with Crippen LogP contribution in [0.3, 0.4) is 0 Å². The highest BCUT2D eigenvalue weighted by atomic mass is 19.1. The summed E-state index contributed by atoms with van der Waals surface area (Å²) in [6, 6.07) is 9.50. The molecule has 1 fully saturated rings. The third kappa shape index (κ3) is 2.87. The number of hydrogen-bond acceptors (Lipinski definition) is 3. The van der Waals surface area contributed by atoms with Crippen LogP contribution in [0.25, 0.3) is 22.3 Å². The lowest BCUT2D eigenvalue weighted by molar-refractivity contribution is -0.117. The van der Waals surface area contributed by atoms with Gasteiger partial charge >= 0.3 is 0 Å². The number of hydrogen-bond donors (Lipinski definition) is 1. The van der Waals surface area contributed by atoms with Crippen LogP contribution in [0, 0.1) is 12.7 Å². The number of nitrogens with zero attached hydrogens (tertiary/aromatic N) is 1. The second-order valence-corrected chi connectivity index (χ2v) is 6.68. The minimum absolute atomic E-state index is 0.0919. The third-order valence-electron chi connectivity index (χ3n) is 4.93. The summed E-state index contributed by atoms with van der Waals surface area (Å²) in [6.45, 7) is 2.59. The van der Waals surface area contributed by atoms with Crippen molar-refractivity contribution in [3.05, 3.63) is 53.3 Å². The van der Waals surface area contributed by atoms with Gasteiger partial charge in [0.25, 0.3) is 5.91 Å². The van der Waals surface area contributed by atoms with Crippen LogP contribution in [0.5, 0.6) is 0 Å². The first-order valence-electron chi connectivity index (χ1n) is 8.85. The van der Waals surface area contributed by atoms with Crippen molar-refractivity contribution in [2.24, 2.45) is 0 Å². The van der Waals surface area contributed by atoms with E-state index in [2.05, 4.69) is 5.32 Å². The first kappa shape index (κ1) is 17.3. The van der Waals surface area contributed by atoms with Gasteiger partial charge in [-0.3, -0.25) is 9.59 Å². The number of fused-ring (bicyclic) bond motifs is 1. The molecule has 2 aromatic carbocycles. The summed E-state index contributed by atoms with van der Waals surface area (Å²) in [5.41, 5.74) is 3.24. The van der Waals surface area contributed by atoms with E-state index in [1.54, 1.807) is 24.1 Å². The van der Waals surface area contributed by atoms with Crippen molar-refractivity contribution in [3.63, 3.8) is 0 Å². The topological polar surface area (TPSA) is 62.6 Å². The summed E-state index contributed by atoms with van der Waals surface area (Å²) >= 11 is 0. The molecule has 0 radical (unpaired) electrons. The second-order valence-electron chi connectivity index (χ2n) is 6.68. The van der Waals surface area contributed by atoms with Crippen LogP contribution in [-0.2, 0) is 4.79 Å². The Morgan fingerprint density at radius 2 is 1.96 bits per heavy atom. The number of nitrogens with one attached hydrogen (secondary N) is 1. The molecule has 3 aromatic rings. The molecule has 0 atom stereocenters. The number of furan rings is 1. The smallest absolute Gasteiger partial charge is 0.255 e. The van der Waals surface area contributed by atoms with Gasteiger partial charge in [0.1, 0.15) is 17.2 Å². The van der Waals surface area contributed by atoms with Crippen molar-refractivity contribution in [1.82, 2.24) is 5.32 Å². The molecule has 0 spiro atoms. The number of rotatable bonds is 3. The fourth-order valence-corrected chi connectivity index (χ4v) is 3.59. The summed E-state index contributed by atoms with van der Waals surface area (Å²) in [7, 11) is 1.56. The van der Waals surface area contributed by atoms with E-state index < -0.39 is 0 Å². The van der Waals surface area contributed by atoms with Gasteiger partial charge < -0.3 is 14.6 Å². The molecule has 1 saturated heterocycles. The molecule has 0 unspecified atom stereocenters. The maximum Gasteiger partial charge on any atom is 0.255 e. The second kappa shape index (κ2) is 6.54. The van der Waals surface area contributed by atoms with Gasteiger partial charge in [0.2, 0.25) is 5.91 Å². The molecule has 2 heterocycles. The molecule has 138 valence electrons. The van der Waals surface area contributed by atoms with Crippen molar-refractivity contribution in [2.45, 2.75) is 19.8 Å². The Balaban J connectivity index is 1.94. The Kier molecular flexibility index (Phi) is 4.18. The summed E-state index contributed by atoms with van der Waals surface area (Å²) in [5, 5.41) is 3.31. The highest BCUT2D eigenvalue weighted by Gasteiger charge is 2.27. The molecule has 4 rings (SSSR count). The predicted molar refractivity (Wildman–Crippen MR) is 101 cm³/mol. The third-order valence-corrected chi connectivity index (χ3v) is 4.93. The van der Waals surface area contributed by atoms with E-state index >= 15 is 0 Å². The highest BCUT2D eigenvalue weighted by Crippen LogP contribution is 2.38. The van der Waals surface area contributed by atoms with E-state index in [0.717, 1.165) is 17.7 Å². The SMILES string of the molecule is CNC(=O)c1c(-c2ccc(F)cc2)oc2cc(N3CCCC3=O)c(C)cc12. The van der Waals surface area contributed by atoms with E-state index in [9.17, 15) is 14.0 Å². The number of anilines is 1. The zero-order valence-corrected chi connectivity index (χ0v) is 15.1. The van der Waals surface area contributed by atoms with Crippen molar-refractivity contribution >= 4 is 28.5 Å². The summed E-state index contributed by atoms with van der Waals surface area (Å²) in [5.74, 6) is -0.164. The number of carbonyl (C=O) groups is 2. The number of amides is 2. The van der Waals surface area contributed by atoms with E-state index in [4.69, 9.17) is 4.42 Å². The van der Waals surface area contributed by atoms with Gasteiger partial charge in [-0.05, 0) is 49.2 Å². The Morgan fingerprint density at radius 1 is 1.22 bits per heavy atom. The van der Waals surface area contributed by atoms with Crippen molar-refractivity contribution in [2.75, 3.05) is 18.5 Å². The summed E-state index contributed by atoms with van der Waals surface area (Å²) in [6.07, 6.45) is 1.37. The van der Waals surface area contributed by atoms with Gasteiger partial charge in [0, 0.05) is 37.0 Å². The van der Waals surface area contributed by atoms with Crippen LogP contribution in [0.4, 0.5) is 10.1 Å². The fourth-order valence-electron chi connectivity index (χ4n) is 3.59. The van der Waals surface area contributed by atoms with Crippen LogP contribution in [0.2, 0.25) is 0 Å². The molecule has 1 aliphatic rings. The molecule has 5 nitrogen and oxygen atoms in total. The monoisotopic (exact) mass is 366 g/mol. The molecular formula is C21H19FN2O3. The van der Waals surface area contributed by atoms with E-state index in [1.165, 1.54) is 12.1 Å². The van der Waals surface area contributed by atoms with Gasteiger partial charge in [0.15, 0.2) is 0 Å². The zero-order chi connectivity index (χ0) is 19.1. The van der Waals surface area contributed by atoms with Crippen molar-refractivity contribution < 1.29 is 18.4 Å². The van der Waals surface area contributed by atoms with Crippen molar-refractivity contribution in [1.29, 1.82) is 0 Å². The lowest BCUT2D eigenvalue weighted by Gasteiger charge is -2.18. The average molecular weight is 366 g/mol. The molecule has 1 N–H and O–H groups in total. The Hall–Kier alpha value is -3.15. The average Bonchev–Trinajstić information content (AvgIpc) is 3.24. The minimum atomic E-state index is -0.359. The Labute approximate surface area is 155 Å². The molecule has 2 amide bonds. The highest BCUT2D eigenvalue weighted by molar-refractivity contribution is 6.12. The van der Waals surface area contributed by atoms with Crippen LogP contribution in [-0.4, -0.2) is 25.4 Å². The number of aryl methyl sites for hydroxylation is 1. The summed E-state index contributed by atoms with van der Waals surface area (Å²) < 4.78 is 19.3. The van der Waals surface area contributed by atoms with E-state index in [0.29, 0.717) is 40.8 Å². The lowest BCUT2D eigenvalue weighted by atomic mass is 10.0. The molecule has 0 saturated carbocycles. The van der Waals surface area contributed by atoms with Crippen LogP contribution in [0.15, 0.2) is 40.8 Å². The fraction of sp³-hybridized carbons (Fsp3) is 0.238. The minimum Gasteiger partial charge on any atom is -0.455 e. The quantitative estimate of drug-likeness (QED) is 0.761. The van der Waals surface area contributed by atoms with Crippen LogP contribution in [0.1, 0.15) is 28.8 Å². The largest absolute Gasteiger partial charge is 0.455 e. The van der Waals surface area contributed by atoms with Gasteiger partial charge in [-0.1, -0.05) is 0 Å². The van der Waals surface area contributed by atoms with E-state index in [1.807, 2.05) is 19.1 Å². The molecule has 1 aliphatic heterocycles. The normalized spacial score (nSPS) is 14.2. The molecule has 27 heavy (non-hydrogen) atoms. The lowest BCUT2D eigenvalue weighted by Crippen LogP contribution is -2.24. The van der Waals surface area contributed by atoms with Gasteiger partial charge in [-0.25, -0.2) is 4.39 Å².